The zero-order valence-electron chi connectivity index (χ0n) is 40.3. The van der Waals surface area contributed by atoms with Gasteiger partial charge in [0.2, 0.25) is 0 Å². The maximum absolute atomic E-state index is 11.4. The number of ether oxygens (including phenoxy) is 8. The van der Waals surface area contributed by atoms with Crippen LogP contribution in [0.25, 0.3) is 0 Å². The molecule has 4 saturated heterocycles. The fourth-order valence-corrected chi connectivity index (χ4v) is 9.92. The van der Waals surface area contributed by atoms with E-state index in [2.05, 4.69) is 26.0 Å². The Morgan fingerprint density at radius 3 is 1.21 bits per heavy atom. The fraction of sp³-hybridized carbons (Fsp3) is 0.875. The van der Waals surface area contributed by atoms with E-state index in [1.54, 1.807) is 0 Å². The summed E-state index contributed by atoms with van der Waals surface area (Å²) < 4.78 is 46.5. The van der Waals surface area contributed by atoms with Crippen molar-refractivity contribution in [2.24, 2.45) is 5.92 Å². The van der Waals surface area contributed by atoms with Crippen LogP contribution >= 0.6 is 0 Å². The summed E-state index contributed by atoms with van der Waals surface area (Å²) in [4.78, 5) is 0. The number of rotatable bonds is 28. The number of unbranched alkanes of at least 4 members (excludes halogenated alkanes) is 6. The summed E-state index contributed by atoms with van der Waals surface area (Å²) in [6.07, 6.45) is -21.9. The topological polar surface area (TPSA) is 357 Å². The van der Waals surface area contributed by atoms with E-state index in [4.69, 9.17) is 37.9 Å². The Kier molecular flexibility index (Phi) is 24.4. The van der Waals surface area contributed by atoms with Gasteiger partial charge in [0.1, 0.15) is 97.7 Å². The molecule has 0 radical (unpaired) electrons. The first kappa shape index (κ1) is 59.2. The molecule has 14 N–H and O–H groups in total. The fourth-order valence-electron chi connectivity index (χ4n) is 9.92. The maximum atomic E-state index is 11.4. The highest BCUT2D eigenvalue weighted by molar-refractivity contribution is 5.25. The van der Waals surface area contributed by atoms with Crippen LogP contribution in [0.3, 0.4) is 0 Å². The van der Waals surface area contributed by atoms with Crippen LogP contribution in [-0.2, 0) is 43.3 Å². The van der Waals surface area contributed by atoms with Crippen molar-refractivity contribution in [1.82, 2.24) is 0 Å². The third-order valence-electron chi connectivity index (χ3n) is 14.3. The van der Waals surface area contributed by atoms with Crippen LogP contribution in [-0.4, -0.2) is 234 Å². The highest BCUT2D eigenvalue weighted by atomic mass is 16.8. The Hall–Kier alpha value is -1.66. The molecule has 0 unspecified atom stereocenters. The Bertz CT molecular complexity index is 1490. The van der Waals surface area contributed by atoms with Gasteiger partial charge in [-0.25, -0.2) is 0 Å². The standard InChI is InChI=1S/C48H82O22/c1-3-5-7-12-17-48(18-13-8-6-4-2,27-14-10-9-11-15-27)19-16-26(24-63-44-40(61)36(57)42(30(22-51)67-44)69-46-38(59)34(55)32(53)28(20-49)65-46)25-64-45-41(62)37(58)43(31(23-52)68-45)70-47-39(60)35(56)33(54)29(21-50)66-47/h9-11,14-15,26,28-47,49-62H,3-8,12-13,16-25H2,1-2H3/t28-,29-,30-,31-,32-,33-,34+,35+,36-,37-,38-,39-,40-,41-,42-,43-,44-,45-,46-,47-/m1/s1. The van der Waals surface area contributed by atoms with Gasteiger partial charge >= 0.3 is 0 Å². The molecule has 22 heteroatoms. The molecule has 4 aliphatic rings. The minimum atomic E-state index is -1.85. The van der Waals surface area contributed by atoms with Gasteiger partial charge in [-0.05, 0) is 36.7 Å². The van der Waals surface area contributed by atoms with Gasteiger partial charge < -0.3 is 109 Å². The van der Waals surface area contributed by atoms with Gasteiger partial charge in [-0.15, -0.1) is 0 Å². The monoisotopic (exact) mass is 1010 g/mol. The van der Waals surface area contributed by atoms with Gasteiger partial charge in [0, 0.05) is 5.92 Å². The molecule has 0 aromatic heterocycles. The minimum Gasteiger partial charge on any atom is -0.394 e. The molecule has 0 spiro atoms. The van der Waals surface area contributed by atoms with Crippen LogP contribution in [0.5, 0.6) is 0 Å². The molecule has 4 aliphatic heterocycles. The smallest absolute Gasteiger partial charge is 0.187 e. The number of benzene rings is 1. The number of hydrogen-bond acceptors (Lipinski definition) is 22. The number of hydrogen-bond donors (Lipinski definition) is 14. The summed E-state index contributed by atoms with van der Waals surface area (Å²) in [7, 11) is 0. The van der Waals surface area contributed by atoms with E-state index in [1.807, 2.05) is 18.2 Å². The van der Waals surface area contributed by atoms with Crippen molar-refractivity contribution in [2.45, 2.75) is 219 Å². The third-order valence-corrected chi connectivity index (χ3v) is 14.3. The van der Waals surface area contributed by atoms with Gasteiger partial charge in [-0.2, -0.15) is 0 Å². The van der Waals surface area contributed by atoms with E-state index in [9.17, 15) is 71.5 Å². The molecule has 4 fully saturated rings. The summed E-state index contributed by atoms with van der Waals surface area (Å²) in [5.41, 5.74) is 0.905. The van der Waals surface area contributed by atoms with Crippen LogP contribution in [0.4, 0.5) is 0 Å². The second-order valence-electron chi connectivity index (χ2n) is 19.3. The van der Waals surface area contributed by atoms with E-state index >= 15 is 0 Å². The van der Waals surface area contributed by atoms with Crippen molar-refractivity contribution in [3.63, 3.8) is 0 Å². The van der Waals surface area contributed by atoms with E-state index in [1.165, 1.54) is 5.56 Å². The van der Waals surface area contributed by atoms with Crippen LogP contribution in [0.2, 0.25) is 0 Å². The number of aliphatic hydroxyl groups is 14. The SMILES string of the molecule is CCCCCCC(CCCCCC)(CCC(CO[C@@H]1O[C@H](CO)[C@@H](O[C@H]2O[C@H](CO)[C@@H](O)[C@H](O)[C@H]2O)[C@H](O)[C@H]1O)CO[C@@H]1O[C@H](CO)[C@@H](O[C@H]2O[C@H](CO)[C@@H](O)[C@H](O)[C@H]2O)[C@H](O)[C@H]1O)c1ccccc1. The summed E-state index contributed by atoms with van der Waals surface area (Å²) in [6.45, 7) is 0.868. The lowest BCUT2D eigenvalue weighted by Gasteiger charge is -2.46. The molecule has 1 aromatic carbocycles. The van der Waals surface area contributed by atoms with Crippen molar-refractivity contribution in [1.29, 1.82) is 0 Å². The Morgan fingerprint density at radius 2 is 0.829 bits per heavy atom. The maximum Gasteiger partial charge on any atom is 0.187 e. The average Bonchev–Trinajstić information content (AvgIpc) is 3.37. The lowest BCUT2D eigenvalue weighted by Crippen LogP contribution is -2.65. The molecular formula is C48H82O22. The molecule has 0 aliphatic carbocycles. The van der Waals surface area contributed by atoms with Crippen molar-refractivity contribution in [2.75, 3.05) is 39.6 Å². The zero-order chi connectivity index (χ0) is 51.1. The first-order valence-electron chi connectivity index (χ1n) is 25.1. The van der Waals surface area contributed by atoms with Crippen molar-refractivity contribution in [3.05, 3.63) is 35.9 Å². The quantitative estimate of drug-likeness (QED) is 0.0387. The first-order chi connectivity index (χ1) is 33.6. The second-order valence-corrected chi connectivity index (χ2v) is 19.3. The highest BCUT2D eigenvalue weighted by Crippen LogP contribution is 2.42. The summed E-state index contributed by atoms with van der Waals surface area (Å²) in [5.74, 6) is -0.568. The highest BCUT2D eigenvalue weighted by Gasteiger charge is 2.53. The molecule has 70 heavy (non-hydrogen) atoms. The molecule has 0 saturated carbocycles. The van der Waals surface area contributed by atoms with Crippen molar-refractivity contribution >= 4 is 0 Å². The molecule has 4 heterocycles. The van der Waals surface area contributed by atoms with Gasteiger partial charge in [-0.1, -0.05) is 95.5 Å². The molecule has 5 rings (SSSR count). The zero-order valence-corrected chi connectivity index (χ0v) is 40.3. The van der Waals surface area contributed by atoms with Gasteiger partial charge in [0.05, 0.1) is 39.6 Å². The van der Waals surface area contributed by atoms with Crippen molar-refractivity contribution < 1.29 is 109 Å². The van der Waals surface area contributed by atoms with Crippen molar-refractivity contribution in [3.8, 4) is 0 Å². The predicted molar refractivity (Wildman–Crippen MR) is 243 cm³/mol. The molecule has 1 aromatic rings. The van der Waals surface area contributed by atoms with Gasteiger partial charge in [0.25, 0.3) is 0 Å². The van der Waals surface area contributed by atoms with E-state index in [-0.39, 0.29) is 18.6 Å². The van der Waals surface area contributed by atoms with E-state index in [0.29, 0.717) is 12.8 Å². The van der Waals surface area contributed by atoms with E-state index in [0.717, 1.165) is 64.2 Å². The molecular weight excluding hydrogens is 929 g/mol. The molecule has 406 valence electrons. The minimum absolute atomic E-state index is 0.195. The van der Waals surface area contributed by atoms with Crippen LogP contribution in [0.1, 0.15) is 96.5 Å². The summed E-state index contributed by atoms with van der Waals surface area (Å²) in [6, 6.07) is 10.3. The first-order valence-corrected chi connectivity index (χ1v) is 25.1. The van der Waals surface area contributed by atoms with Gasteiger partial charge in [-0.3, -0.25) is 0 Å². The Morgan fingerprint density at radius 1 is 0.443 bits per heavy atom. The normalized spacial score (nSPS) is 38.6. The lowest BCUT2D eigenvalue weighted by atomic mass is 9.68. The third kappa shape index (κ3) is 14.8. The van der Waals surface area contributed by atoms with Crippen LogP contribution in [0.15, 0.2) is 30.3 Å². The second kappa shape index (κ2) is 28.9. The average molecular weight is 1010 g/mol. The Labute approximate surface area is 409 Å². The summed E-state index contributed by atoms with van der Waals surface area (Å²) >= 11 is 0. The molecule has 0 bridgehead atoms. The Balaban J connectivity index is 1.36. The molecule has 22 nitrogen and oxygen atoms in total. The van der Waals surface area contributed by atoms with Gasteiger partial charge in [0.15, 0.2) is 25.2 Å². The summed E-state index contributed by atoms with van der Waals surface area (Å²) in [5, 5.41) is 148. The van der Waals surface area contributed by atoms with Crippen LogP contribution in [0, 0.1) is 5.92 Å². The largest absolute Gasteiger partial charge is 0.394 e. The number of aliphatic hydroxyl groups excluding tert-OH is 14. The lowest BCUT2D eigenvalue weighted by molar-refractivity contribution is -0.363. The molecule has 20 atom stereocenters. The molecule has 0 amide bonds. The van der Waals surface area contributed by atoms with E-state index < -0.39 is 155 Å². The predicted octanol–water partition coefficient (Wildman–Crippen LogP) is -2.46. The van der Waals surface area contributed by atoms with Crippen LogP contribution < -0.4 is 0 Å².